The van der Waals surface area contributed by atoms with Crippen molar-refractivity contribution in [2.75, 3.05) is 7.11 Å². The first-order valence-corrected chi connectivity index (χ1v) is 9.76. The number of rotatable bonds is 7. The summed E-state index contributed by atoms with van der Waals surface area (Å²) in [5, 5.41) is 16.7. The van der Waals surface area contributed by atoms with Crippen LogP contribution in [0, 0.1) is 16.0 Å². The number of carbonyl (C=O) groups excluding carboxylic acids is 3. The molecule has 11 heteroatoms. The first-order valence-electron chi connectivity index (χ1n) is 9.76. The van der Waals surface area contributed by atoms with Crippen molar-refractivity contribution in [3.05, 3.63) is 62.7 Å². The Hall–Kier alpha value is -3.89. The average molecular weight is 446 g/mol. The second-order valence-electron chi connectivity index (χ2n) is 7.59. The van der Waals surface area contributed by atoms with Gasteiger partial charge in [0.2, 0.25) is 5.91 Å². The smallest absolute Gasteiger partial charge is 0.413 e. The van der Waals surface area contributed by atoms with Crippen molar-refractivity contribution in [2.24, 2.45) is 11.7 Å². The van der Waals surface area contributed by atoms with Crippen LogP contribution in [0.25, 0.3) is 0 Å². The Balaban J connectivity index is 2.53. The van der Waals surface area contributed by atoms with E-state index in [1.54, 1.807) is 33.8 Å². The number of nitro groups is 1. The highest BCUT2D eigenvalue weighted by molar-refractivity contribution is 5.92. The fourth-order valence-corrected chi connectivity index (χ4v) is 3.45. The second kappa shape index (κ2) is 9.94. The van der Waals surface area contributed by atoms with E-state index in [2.05, 4.69) is 10.6 Å². The number of primary amides is 1. The number of amides is 2. The lowest BCUT2D eigenvalue weighted by Crippen LogP contribution is -2.48. The van der Waals surface area contributed by atoms with Gasteiger partial charge in [-0.15, -0.1) is 0 Å². The molecule has 1 aliphatic rings. The van der Waals surface area contributed by atoms with E-state index in [0.717, 1.165) is 0 Å². The number of hydrogen-bond donors (Lipinski definition) is 3. The molecular formula is C21H26N4O7. The number of nitrogens with two attached hydrogens (primary N) is 1. The summed E-state index contributed by atoms with van der Waals surface area (Å²) in [6.45, 7) is 6.67. The van der Waals surface area contributed by atoms with E-state index < -0.39 is 34.9 Å². The van der Waals surface area contributed by atoms with Crippen LogP contribution in [-0.2, 0) is 19.1 Å². The first kappa shape index (κ1) is 24.4. The van der Waals surface area contributed by atoms with E-state index in [0.29, 0.717) is 17.0 Å². The summed E-state index contributed by atoms with van der Waals surface area (Å²) in [6, 6.07) is 4.67. The van der Waals surface area contributed by atoms with Crippen LogP contribution >= 0.6 is 0 Å². The maximum absolute atomic E-state index is 12.6. The predicted molar refractivity (Wildman–Crippen MR) is 114 cm³/mol. The molecular weight excluding hydrogens is 420 g/mol. The summed E-state index contributed by atoms with van der Waals surface area (Å²) in [5.41, 5.74) is 6.46. The van der Waals surface area contributed by atoms with Crippen LogP contribution in [0.1, 0.15) is 39.2 Å². The van der Waals surface area contributed by atoms with Gasteiger partial charge in [-0.3, -0.25) is 14.9 Å². The Morgan fingerprint density at radius 2 is 1.88 bits per heavy atom. The van der Waals surface area contributed by atoms with Gasteiger partial charge in [0.1, 0.15) is 11.8 Å². The number of alkyl carbamates (subject to hydrolysis) is 1. The molecule has 0 fully saturated rings. The van der Waals surface area contributed by atoms with Crippen LogP contribution < -0.4 is 16.4 Å². The molecule has 11 nitrogen and oxygen atoms in total. The summed E-state index contributed by atoms with van der Waals surface area (Å²) in [5.74, 6) is -2.66. The van der Waals surface area contributed by atoms with E-state index >= 15 is 0 Å². The normalized spacial score (nSPS) is 16.9. The van der Waals surface area contributed by atoms with Crippen LogP contribution in [0.4, 0.5) is 10.5 Å². The zero-order chi connectivity index (χ0) is 24.2. The summed E-state index contributed by atoms with van der Waals surface area (Å²) in [4.78, 5) is 47.5. The lowest BCUT2D eigenvalue weighted by Gasteiger charge is -2.30. The summed E-state index contributed by atoms with van der Waals surface area (Å²) >= 11 is 0. The molecule has 0 aromatic heterocycles. The van der Waals surface area contributed by atoms with E-state index in [9.17, 15) is 24.5 Å². The molecule has 0 aliphatic carbocycles. The Morgan fingerprint density at radius 3 is 2.41 bits per heavy atom. The summed E-state index contributed by atoms with van der Waals surface area (Å²) in [6.07, 6.45) is -0.960. The molecule has 1 aromatic rings. The van der Waals surface area contributed by atoms with Crippen molar-refractivity contribution in [1.82, 2.24) is 10.6 Å². The standard InChI is InChI=1S/C21H26N4O7/c1-10(2)17(19(22)26)24-21(28)32-18-12(4)23-11(3)15(20(27)31-5)16(18)13-7-6-8-14(9-13)25(29)30/h6-10,16-17,23H,1-5H3,(H2,22,26)(H,24,28)/t16-,17-/m0/s1. The lowest BCUT2D eigenvalue weighted by atomic mass is 9.85. The number of nitrogens with one attached hydrogen (secondary N) is 2. The summed E-state index contributed by atoms with van der Waals surface area (Å²) < 4.78 is 10.4. The van der Waals surface area contributed by atoms with Gasteiger partial charge in [-0.1, -0.05) is 26.0 Å². The van der Waals surface area contributed by atoms with Gasteiger partial charge in [-0.2, -0.15) is 0 Å². The highest BCUT2D eigenvalue weighted by atomic mass is 16.6. The molecule has 1 aliphatic heterocycles. The van der Waals surface area contributed by atoms with Crippen molar-refractivity contribution in [2.45, 2.75) is 39.7 Å². The number of non-ortho nitro benzene ring substituents is 1. The van der Waals surface area contributed by atoms with Gasteiger partial charge in [0.15, 0.2) is 0 Å². The number of nitrogens with zero attached hydrogens (tertiary/aromatic N) is 1. The molecule has 0 unspecified atom stereocenters. The Kier molecular flexibility index (Phi) is 7.58. The van der Waals surface area contributed by atoms with Crippen molar-refractivity contribution in [1.29, 1.82) is 0 Å². The quantitative estimate of drug-likeness (QED) is 0.326. The number of hydrogen-bond acceptors (Lipinski definition) is 8. The number of benzene rings is 1. The number of ether oxygens (including phenoxy) is 2. The Bertz CT molecular complexity index is 1010. The molecule has 172 valence electrons. The molecule has 0 saturated carbocycles. The zero-order valence-corrected chi connectivity index (χ0v) is 18.4. The van der Waals surface area contributed by atoms with Gasteiger partial charge in [0, 0.05) is 17.8 Å². The molecule has 0 bridgehead atoms. The number of esters is 1. The molecule has 0 radical (unpaired) electrons. The largest absolute Gasteiger partial charge is 0.466 e. The number of methoxy groups -OCH3 is 1. The van der Waals surface area contributed by atoms with E-state index in [1.165, 1.54) is 25.3 Å². The van der Waals surface area contributed by atoms with Crippen molar-refractivity contribution >= 4 is 23.7 Å². The Labute approximate surface area is 184 Å². The molecule has 4 N–H and O–H groups in total. The first-order chi connectivity index (χ1) is 15.0. The van der Waals surface area contributed by atoms with Crippen LogP contribution in [0.15, 0.2) is 47.0 Å². The fourth-order valence-electron chi connectivity index (χ4n) is 3.45. The summed E-state index contributed by atoms with van der Waals surface area (Å²) in [7, 11) is 1.20. The Morgan fingerprint density at radius 1 is 1.22 bits per heavy atom. The zero-order valence-electron chi connectivity index (χ0n) is 18.4. The van der Waals surface area contributed by atoms with Crippen molar-refractivity contribution in [3.8, 4) is 0 Å². The minimum absolute atomic E-state index is 0.0287. The predicted octanol–water partition coefficient (Wildman–Crippen LogP) is 2.20. The van der Waals surface area contributed by atoms with Crippen molar-refractivity contribution in [3.63, 3.8) is 0 Å². The van der Waals surface area contributed by atoms with Gasteiger partial charge in [-0.05, 0) is 25.3 Å². The van der Waals surface area contributed by atoms with E-state index in [1.807, 2.05) is 0 Å². The van der Waals surface area contributed by atoms with Gasteiger partial charge in [-0.25, -0.2) is 9.59 Å². The van der Waals surface area contributed by atoms with E-state index in [-0.39, 0.29) is 22.9 Å². The third-order valence-electron chi connectivity index (χ3n) is 4.97. The average Bonchev–Trinajstić information content (AvgIpc) is 2.72. The molecule has 2 rings (SSSR count). The molecule has 32 heavy (non-hydrogen) atoms. The second-order valence-corrected chi connectivity index (χ2v) is 7.59. The molecule has 2 atom stereocenters. The van der Waals surface area contributed by atoms with Crippen LogP contribution in [0.2, 0.25) is 0 Å². The van der Waals surface area contributed by atoms with Crippen LogP contribution in [-0.4, -0.2) is 36.0 Å². The minimum atomic E-state index is -0.978. The minimum Gasteiger partial charge on any atom is -0.466 e. The molecule has 1 heterocycles. The SMILES string of the molecule is COC(=O)C1=C(C)NC(C)=C(OC(=O)N[C@H](C(N)=O)C(C)C)[C@H]1c1cccc([N+](=O)[O-])c1. The molecule has 2 amide bonds. The van der Waals surface area contributed by atoms with Gasteiger partial charge < -0.3 is 25.8 Å². The van der Waals surface area contributed by atoms with Crippen LogP contribution in [0.5, 0.6) is 0 Å². The maximum Gasteiger partial charge on any atom is 0.413 e. The third-order valence-corrected chi connectivity index (χ3v) is 4.97. The topological polar surface area (TPSA) is 163 Å². The number of nitro benzene ring substituents is 1. The highest BCUT2D eigenvalue weighted by Gasteiger charge is 2.37. The molecule has 0 spiro atoms. The third kappa shape index (κ3) is 5.23. The number of dihydropyridines is 1. The lowest BCUT2D eigenvalue weighted by molar-refractivity contribution is -0.384. The maximum atomic E-state index is 12.6. The molecule has 0 saturated heterocycles. The fraction of sp³-hybridized carbons (Fsp3) is 0.381. The van der Waals surface area contributed by atoms with Crippen LogP contribution in [0.3, 0.4) is 0 Å². The van der Waals surface area contributed by atoms with Gasteiger partial charge in [0.25, 0.3) is 5.69 Å². The number of allylic oxidation sites excluding steroid dienone is 3. The highest BCUT2D eigenvalue weighted by Crippen LogP contribution is 2.40. The van der Waals surface area contributed by atoms with Gasteiger partial charge >= 0.3 is 12.1 Å². The molecule has 1 aromatic carbocycles. The van der Waals surface area contributed by atoms with Crippen molar-refractivity contribution < 1.29 is 28.8 Å². The van der Waals surface area contributed by atoms with E-state index in [4.69, 9.17) is 15.2 Å². The van der Waals surface area contributed by atoms with Gasteiger partial charge in [0.05, 0.1) is 29.2 Å². The number of carbonyl (C=O) groups is 3. The monoisotopic (exact) mass is 446 g/mol.